The highest BCUT2D eigenvalue weighted by Gasteiger charge is 2.19. The summed E-state index contributed by atoms with van der Waals surface area (Å²) in [6.45, 7) is 27.9. The van der Waals surface area contributed by atoms with Gasteiger partial charge in [0.1, 0.15) is 0 Å². The third kappa shape index (κ3) is 48.6. The maximum absolute atomic E-state index is 11.7. The van der Waals surface area contributed by atoms with Gasteiger partial charge >= 0.3 is 22.8 Å². The summed E-state index contributed by atoms with van der Waals surface area (Å²) in [5, 5.41) is 9.19. The molecule has 0 spiro atoms. The SMILES string of the molecule is C=P(O)(O)OC[C@H](C)CC.CCCCOP(C)(=O)OC[C@H](C)CC.CCCCOP(C)(=O)OC[C@H](C)CC.CCCCOP(C)(=O)OC[C@H](O)CC. The summed E-state index contributed by atoms with van der Waals surface area (Å²) in [6.07, 6.45) is 12.0. The molecule has 0 aliphatic carbocycles. The molecule has 13 nitrogen and oxygen atoms in total. The van der Waals surface area contributed by atoms with Gasteiger partial charge in [-0.25, -0.2) is 0 Å². The van der Waals surface area contributed by atoms with Crippen molar-refractivity contribution in [3.8, 4) is 0 Å². The fourth-order valence-corrected chi connectivity index (χ4v) is 6.29. The first-order chi connectivity index (χ1) is 24.0. The van der Waals surface area contributed by atoms with Crippen molar-refractivity contribution in [3.63, 3.8) is 0 Å². The van der Waals surface area contributed by atoms with E-state index in [2.05, 4.69) is 47.8 Å². The zero-order chi connectivity index (χ0) is 41.3. The summed E-state index contributed by atoms with van der Waals surface area (Å²) in [5.41, 5.74) is 0. The van der Waals surface area contributed by atoms with Crippen molar-refractivity contribution in [1.29, 1.82) is 0 Å². The highest BCUT2D eigenvalue weighted by atomic mass is 31.2. The molecule has 0 aliphatic rings. The zero-order valence-corrected chi connectivity index (χ0v) is 38.8. The zero-order valence-electron chi connectivity index (χ0n) is 35.3. The van der Waals surface area contributed by atoms with E-state index < -0.39 is 36.5 Å². The molecule has 0 aromatic heterocycles. The minimum atomic E-state index is -3.23. The molecule has 0 saturated heterocycles. The molecule has 0 aromatic carbocycles. The van der Waals surface area contributed by atoms with Gasteiger partial charge in [-0.2, -0.15) is 0 Å². The van der Waals surface area contributed by atoms with Crippen LogP contribution >= 0.6 is 30.4 Å². The van der Waals surface area contributed by atoms with Crippen LogP contribution in [0.1, 0.15) is 133 Å². The highest BCUT2D eigenvalue weighted by Crippen LogP contribution is 2.45. The lowest BCUT2D eigenvalue weighted by Gasteiger charge is -2.16. The first kappa shape index (κ1) is 59.3. The van der Waals surface area contributed by atoms with Gasteiger partial charge in [-0.05, 0) is 49.7 Å². The summed E-state index contributed by atoms with van der Waals surface area (Å²) in [5.74, 6) is 1.25. The van der Waals surface area contributed by atoms with E-state index in [9.17, 15) is 18.8 Å². The van der Waals surface area contributed by atoms with Gasteiger partial charge < -0.3 is 46.6 Å². The monoisotopic (exact) mass is 834 g/mol. The van der Waals surface area contributed by atoms with Crippen LogP contribution in [-0.4, -0.2) is 93.5 Å². The van der Waals surface area contributed by atoms with E-state index in [0.717, 1.165) is 57.8 Å². The molecule has 7 atom stereocenters. The first-order valence-electron chi connectivity index (χ1n) is 19.1. The Hall–Kier alpha value is 0.590. The molecule has 0 aromatic rings. The number of hydrogen-bond acceptors (Lipinski definition) is 13. The summed E-state index contributed by atoms with van der Waals surface area (Å²) >= 11 is 0. The second-order valence-corrected chi connectivity index (χ2v) is 21.1. The predicted molar refractivity (Wildman–Crippen MR) is 220 cm³/mol. The molecule has 0 saturated carbocycles. The Morgan fingerprint density at radius 3 is 0.981 bits per heavy atom. The van der Waals surface area contributed by atoms with Crippen molar-refractivity contribution in [2.45, 2.75) is 140 Å². The maximum atomic E-state index is 11.7. The smallest absolute Gasteiger partial charge is 0.327 e. The van der Waals surface area contributed by atoms with Gasteiger partial charge in [0.2, 0.25) is 7.57 Å². The second-order valence-electron chi connectivity index (χ2n) is 13.3. The van der Waals surface area contributed by atoms with Gasteiger partial charge in [-0.15, -0.1) is 0 Å². The van der Waals surface area contributed by atoms with E-state index in [-0.39, 0.29) is 6.61 Å². The predicted octanol–water partition coefficient (Wildman–Crippen LogP) is 11.0. The van der Waals surface area contributed by atoms with Crippen LogP contribution in [0, 0.1) is 17.8 Å². The van der Waals surface area contributed by atoms with Crippen LogP contribution in [0.2, 0.25) is 0 Å². The van der Waals surface area contributed by atoms with E-state index in [1.165, 1.54) is 6.66 Å². The quantitative estimate of drug-likeness (QED) is 0.0502. The first-order valence-corrected chi connectivity index (χ1v) is 26.9. The van der Waals surface area contributed by atoms with Crippen LogP contribution in [0.4, 0.5) is 0 Å². The van der Waals surface area contributed by atoms with Crippen LogP contribution in [-0.2, 0) is 45.4 Å². The summed E-state index contributed by atoms with van der Waals surface area (Å²) in [4.78, 5) is 17.4. The molecule has 0 heterocycles. The lowest BCUT2D eigenvalue weighted by molar-refractivity contribution is 0.0907. The molecule has 320 valence electrons. The van der Waals surface area contributed by atoms with Crippen molar-refractivity contribution in [3.05, 3.63) is 0 Å². The summed E-state index contributed by atoms with van der Waals surface area (Å²) in [6, 6.07) is 0. The van der Waals surface area contributed by atoms with E-state index in [1.54, 1.807) is 13.3 Å². The van der Waals surface area contributed by atoms with Crippen molar-refractivity contribution in [2.24, 2.45) is 17.8 Å². The van der Waals surface area contributed by atoms with E-state index in [0.29, 0.717) is 63.8 Å². The molecular weight excluding hydrogens is 752 g/mol. The molecule has 0 radical (unpaired) electrons. The van der Waals surface area contributed by atoms with E-state index >= 15 is 0 Å². The molecule has 3 unspecified atom stereocenters. The Kier molecular flexibility index (Phi) is 41.0. The van der Waals surface area contributed by atoms with Gasteiger partial charge in [0.15, 0.2) is 0 Å². The topological polar surface area (TPSA) is 177 Å². The van der Waals surface area contributed by atoms with Crippen LogP contribution < -0.4 is 0 Å². The number of rotatable bonds is 28. The number of hydrogen-bond donors (Lipinski definition) is 3. The molecule has 17 heteroatoms. The fraction of sp³-hybridized carbons (Fsp3) is 0.971. The van der Waals surface area contributed by atoms with Gasteiger partial charge in [0.05, 0.1) is 52.4 Å². The van der Waals surface area contributed by atoms with Gasteiger partial charge in [0, 0.05) is 20.0 Å². The van der Waals surface area contributed by atoms with Crippen LogP contribution in [0.15, 0.2) is 0 Å². The van der Waals surface area contributed by atoms with Gasteiger partial charge in [0.25, 0.3) is 0 Å². The van der Waals surface area contributed by atoms with Crippen LogP contribution in [0.3, 0.4) is 0 Å². The Bertz CT molecular complexity index is 885. The average Bonchev–Trinajstić information content (AvgIpc) is 3.08. The normalized spacial score (nSPS) is 17.2. The Morgan fingerprint density at radius 2 is 0.750 bits per heavy atom. The Balaban J connectivity index is -0.000000298. The molecule has 0 fully saturated rings. The van der Waals surface area contributed by atoms with E-state index in [1.807, 2.05) is 27.7 Å². The molecule has 3 N–H and O–H groups in total. The molecule has 0 aliphatic heterocycles. The maximum Gasteiger partial charge on any atom is 0.327 e. The fourth-order valence-electron chi connectivity index (χ4n) is 2.70. The summed E-state index contributed by atoms with van der Waals surface area (Å²) < 4.78 is 70.6. The van der Waals surface area contributed by atoms with Crippen LogP contribution in [0.25, 0.3) is 0 Å². The van der Waals surface area contributed by atoms with Gasteiger partial charge in [-0.3, -0.25) is 13.7 Å². The van der Waals surface area contributed by atoms with Crippen molar-refractivity contribution in [2.75, 3.05) is 66.2 Å². The van der Waals surface area contributed by atoms with Crippen LogP contribution in [0.5, 0.6) is 0 Å². The van der Waals surface area contributed by atoms with E-state index in [4.69, 9.17) is 41.5 Å². The molecule has 0 amide bonds. The van der Waals surface area contributed by atoms with Gasteiger partial charge in [-0.1, -0.05) is 108 Å². The number of aliphatic hydroxyl groups is 1. The Labute approximate surface area is 319 Å². The highest BCUT2D eigenvalue weighted by molar-refractivity contribution is 7.57. The molecule has 52 heavy (non-hydrogen) atoms. The third-order valence-electron chi connectivity index (χ3n) is 7.29. The third-order valence-corrected chi connectivity index (χ3v) is 11.7. The lowest BCUT2D eigenvalue weighted by Crippen LogP contribution is -2.13. The Morgan fingerprint density at radius 1 is 0.481 bits per heavy atom. The van der Waals surface area contributed by atoms with Crippen molar-refractivity contribution >= 4 is 36.7 Å². The van der Waals surface area contributed by atoms with Crippen molar-refractivity contribution < 1.29 is 60.3 Å². The minimum absolute atomic E-state index is 0.0798. The summed E-state index contributed by atoms with van der Waals surface area (Å²) in [7, 11) is -11.8. The number of aliphatic hydroxyl groups excluding tert-OH is 1. The average molecular weight is 835 g/mol. The molecule has 0 bridgehead atoms. The second kappa shape index (κ2) is 36.0. The lowest BCUT2D eigenvalue weighted by atomic mass is 10.1. The van der Waals surface area contributed by atoms with Crippen molar-refractivity contribution in [1.82, 2.24) is 0 Å². The standard InChI is InChI=1S/2C10H23O3P.C9H21O4P.C6H15O3P/c2*1-5-7-8-12-14(4,11)13-9-10(3)6-2;1-4-6-7-12-14(3,11)13-8-9(10)5-2;1-4-6(2)5-9-10(3,7)8/h2*10H,5-9H2,1-4H3;9-10H,4-8H2,1-3H3;6-8H,3-5H2,1-2H3/t2*10-,14?;9-,14?;6-/m1111/s1. The minimum Gasteiger partial charge on any atom is -0.391 e. The largest absolute Gasteiger partial charge is 0.391 e. The molecule has 0 rings (SSSR count). The number of unbranched alkanes of at least 4 members (excludes halogenated alkanes) is 3. The molecular formula is C35H82O13P4.